The van der Waals surface area contributed by atoms with Crippen molar-refractivity contribution in [1.82, 2.24) is 14.6 Å². The van der Waals surface area contributed by atoms with Crippen LogP contribution in [0.4, 0.5) is 4.39 Å². The van der Waals surface area contributed by atoms with Crippen molar-refractivity contribution in [3.63, 3.8) is 0 Å². The van der Waals surface area contributed by atoms with Crippen LogP contribution < -0.4 is 5.32 Å². The summed E-state index contributed by atoms with van der Waals surface area (Å²) in [4.78, 5) is 16.7. The van der Waals surface area contributed by atoms with E-state index in [1.807, 2.05) is 12.3 Å². The molecule has 3 rings (SSSR count). The summed E-state index contributed by atoms with van der Waals surface area (Å²) in [6.45, 7) is 2.13. The Balaban J connectivity index is 1.72. The number of carbonyl (C=O) groups is 1. The second-order valence-corrected chi connectivity index (χ2v) is 9.39. The van der Waals surface area contributed by atoms with Crippen molar-refractivity contribution in [2.45, 2.75) is 24.4 Å². The minimum absolute atomic E-state index is 0.0238. The molecule has 1 aliphatic heterocycles. The number of amides is 1. The van der Waals surface area contributed by atoms with Gasteiger partial charge in [0.1, 0.15) is 11.9 Å². The van der Waals surface area contributed by atoms with Crippen LogP contribution in [0.5, 0.6) is 0 Å². The second kappa shape index (κ2) is 7.40. The maximum atomic E-state index is 13.0. The van der Waals surface area contributed by atoms with Gasteiger partial charge in [-0.25, -0.2) is 17.8 Å². The Hall–Kier alpha value is -1.49. The SMILES string of the molecule is Cc1nc(CNC(=O)[C@H]2CSCN2S(=O)(=O)c2ccc(F)cc2)cs1. The lowest BCUT2D eigenvalue weighted by Gasteiger charge is -2.22. The van der Waals surface area contributed by atoms with Crippen LogP contribution in [0.1, 0.15) is 10.7 Å². The first-order valence-electron chi connectivity index (χ1n) is 7.42. The molecule has 0 bridgehead atoms. The average molecular weight is 402 g/mol. The van der Waals surface area contributed by atoms with Crippen LogP contribution in [-0.2, 0) is 21.4 Å². The number of hydrogen-bond acceptors (Lipinski definition) is 6. The zero-order valence-corrected chi connectivity index (χ0v) is 15.8. The summed E-state index contributed by atoms with van der Waals surface area (Å²) in [5.41, 5.74) is 0.745. The van der Waals surface area contributed by atoms with Gasteiger partial charge in [0.25, 0.3) is 0 Å². The van der Waals surface area contributed by atoms with Crippen LogP contribution in [0.2, 0.25) is 0 Å². The van der Waals surface area contributed by atoms with Gasteiger partial charge < -0.3 is 5.32 Å². The van der Waals surface area contributed by atoms with Crippen LogP contribution >= 0.6 is 23.1 Å². The number of sulfonamides is 1. The topological polar surface area (TPSA) is 79.4 Å². The Kier molecular flexibility index (Phi) is 5.42. The molecule has 10 heteroatoms. The third-order valence-corrected chi connectivity index (χ3v) is 7.54. The van der Waals surface area contributed by atoms with Gasteiger partial charge in [0, 0.05) is 11.1 Å². The fourth-order valence-electron chi connectivity index (χ4n) is 2.40. The number of hydrogen-bond donors (Lipinski definition) is 1. The molecule has 25 heavy (non-hydrogen) atoms. The summed E-state index contributed by atoms with van der Waals surface area (Å²) in [6.07, 6.45) is 0. The van der Waals surface area contributed by atoms with E-state index in [9.17, 15) is 17.6 Å². The molecular weight excluding hydrogens is 385 g/mol. The monoisotopic (exact) mass is 401 g/mol. The van der Waals surface area contributed by atoms with Crippen LogP contribution in [0.25, 0.3) is 0 Å². The minimum atomic E-state index is -3.86. The second-order valence-electron chi connectivity index (χ2n) is 5.44. The number of nitrogens with one attached hydrogen (secondary N) is 1. The predicted octanol–water partition coefficient (Wildman–Crippen LogP) is 1.97. The molecule has 2 aromatic rings. The first-order chi connectivity index (χ1) is 11.9. The number of halogens is 1. The zero-order valence-electron chi connectivity index (χ0n) is 13.3. The van der Waals surface area contributed by atoms with Gasteiger partial charge in [0.15, 0.2) is 0 Å². The summed E-state index contributed by atoms with van der Waals surface area (Å²) >= 11 is 2.86. The number of aryl methyl sites for hydroxylation is 1. The summed E-state index contributed by atoms with van der Waals surface area (Å²) in [7, 11) is -3.86. The summed E-state index contributed by atoms with van der Waals surface area (Å²) < 4.78 is 39.7. The fourth-order valence-corrected chi connectivity index (χ4v) is 6.16. The molecule has 6 nitrogen and oxygen atoms in total. The van der Waals surface area contributed by atoms with Gasteiger partial charge in [-0.05, 0) is 31.2 Å². The third kappa shape index (κ3) is 4.02. The Morgan fingerprint density at radius 1 is 1.40 bits per heavy atom. The molecule has 0 saturated carbocycles. The number of thioether (sulfide) groups is 1. The average Bonchev–Trinajstić information content (AvgIpc) is 3.22. The van der Waals surface area contributed by atoms with Gasteiger partial charge in [0.05, 0.1) is 28.0 Å². The highest BCUT2D eigenvalue weighted by Crippen LogP contribution is 2.28. The van der Waals surface area contributed by atoms with Crippen molar-refractivity contribution in [3.05, 3.63) is 46.2 Å². The maximum absolute atomic E-state index is 13.0. The Morgan fingerprint density at radius 3 is 2.76 bits per heavy atom. The van der Waals surface area contributed by atoms with Gasteiger partial charge in [-0.3, -0.25) is 4.79 Å². The van der Waals surface area contributed by atoms with Crippen LogP contribution in [0, 0.1) is 12.7 Å². The highest BCUT2D eigenvalue weighted by atomic mass is 32.2. The van der Waals surface area contributed by atoms with E-state index >= 15 is 0 Å². The van der Waals surface area contributed by atoms with Gasteiger partial charge in [-0.2, -0.15) is 4.31 Å². The van der Waals surface area contributed by atoms with Crippen molar-refractivity contribution >= 4 is 39.0 Å². The molecule has 0 unspecified atom stereocenters. The number of aromatic nitrogens is 1. The van der Waals surface area contributed by atoms with Crippen molar-refractivity contribution in [2.75, 3.05) is 11.6 Å². The lowest BCUT2D eigenvalue weighted by molar-refractivity contribution is -0.124. The normalized spacial score (nSPS) is 18.4. The van der Waals surface area contributed by atoms with Crippen molar-refractivity contribution in [2.24, 2.45) is 0 Å². The van der Waals surface area contributed by atoms with E-state index in [0.717, 1.165) is 27.1 Å². The molecule has 1 aromatic carbocycles. The molecule has 2 heterocycles. The van der Waals surface area contributed by atoms with E-state index in [0.29, 0.717) is 5.75 Å². The van der Waals surface area contributed by atoms with E-state index in [-0.39, 0.29) is 23.2 Å². The fraction of sp³-hybridized carbons (Fsp3) is 0.333. The first-order valence-corrected chi connectivity index (χ1v) is 10.9. The summed E-state index contributed by atoms with van der Waals surface area (Å²) in [5.74, 6) is -0.306. The quantitative estimate of drug-likeness (QED) is 0.829. The van der Waals surface area contributed by atoms with Crippen LogP contribution in [0.15, 0.2) is 34.5 Å². The summed E-state index contributed by atoms with van der Waals surface area (Å²) in [6, 6.07) is 3.81. The van der Waals surface area contributed by atoms with Crippen LogP contribution in [-0.4, -0.2) is 41.3 Å². The minimum Gasteiger partial charge on any atom is -0.349 e. The summed E-state index contributed by atoms with van der Waals surface area (Å²) in [5, 5.41) is 5.50. The van der Waals surface area contributed by atoms with Crippen molar-refractivity contribution in [3.8, 4) is 0 Å². The van der Waals surface area contributed by atoms with E-state index in [4.69, 9.17) is 0 Å². The molecule has 0 spiro atoms. The highest BCUT2D eigenvalue weighted by Gasteiger charge is 2.39. The number of carbonyl (C=O) groups excluding carboxylic acids is 1. The lowest BCUT2D eigenvalue weighted by atomic mass is 10.3. The molecule has 1 N–H and O–H groups in total. The smallest absolute Gasteiger partial charge is 0.244 e. The van der Waals surface area contributed by atoms with Crippen molar-refractivity contribution in [1.29, 1.82) is 0 Å². The zero-order chi connectivity index (χ0) is 18.0. The Morgan fingerprint density at radius 2 is 2.12 bits per heavy atom. The molecule has 1 aliphatic rings. The van der Waals surface area contributed by atoms with Gasteiger partial charge in [-0.1, -0.05) is 0 Å². The number of nitrogens with zero attached hydrogens (tertiary/aromatic N) is 2. The molecule has 1 atom stereocenters. The Labute approximate surface area is 153 Å². The van der Waals surface area contributed by atoms with Gasteiger partial charge >= 0.3 is 0 Å². The van der Waals surface area contributed by atoms with E-state index in [1.165, 1.54) is 35.2 Å². The molecule has 134 valence electrons. The van der Waals surface area contributed by atoms with E-state index < -0.39 is 21.9 Å². The lowest BCUT2D eigenvalue weighted by Crippen LogP contribution is -2.46. The molecular formula is C15H16FN3O3S3. The molecule has 1 saturated heterocycles. The van der Waals surface area contributed by atoms with E-state index in [1.54, 1.807) is 0 Å². The van der Waals surface area contributed by atoms with Gasteiger partial charge in [0.2, 0.25) is 15.9 Å². The van der Waals surface area contributed by atoms with Crippen molar-refractivity contribution < 1.29 is 17.6 Å². The largest absolute Gasteiger partial charge is 0.349 e. The molecule has 1 amide bonds. The van der Waals surface area contributed by atoms with Crippen LogP contribution in [0.3, 0.4) is 0 Å². The molecule has 0 radical (unpaired) electrons. The maximum Gasteiger partial charge on any atom is 0.244 e. The van der Waals surface area contributed by atoms with Gasteiger partial charge in [-0.15, -0.1) is 23.1 Å². The number of benzene rings is 1. The van der Waals surface area contributed by atoms with E-state index in [2.05, 4.69) is 10.3 Å². The predicted molar refractivity (Wildman–Crippen MR) is 95.2 cm³/mol. The molecule has 1 fully saturated rings. The molecule has 1 aromatic heterocycles. The Bertz CT molecular complexity index is 868. The number of rotatable bonds is 5. The third-order valence-electron chi connectivity index (χ3n) is 3.68. The number of thiazole rings is 1. The standard InChI is InChI=1S/C15H16FN3O3S3/c1-10-18-12(7-24-10)6-17-15(20)14-8-23-9-19(14)25(21,22)13-4-2-11(16)3-5-13/h2-5,7,14H,6,8-9H2,1H3,(H,17,20)/t14-/m1/s1. The highest BCUT2D eigenvalue weighted by molar-refractivity contribution is 8.00. The molecule has 0 aliphatic carbocycles. The first kappa shape index (κ1) is 18.3.